The third-order valence-electron chi connectivity index (χ3n) is 4.48. The monoisotopic (exact) mass is 396 g/mol. The first-order chi connectivity index (χ1) is 12.2. The van der Waals surface area contributed by atoms with E-state index < -0.39 is 10.0 Å². The largest absolute Gasteiger partial charge is 0.466 e. The van der Waals surface area contributed by atoms with Crippen molar-refractivity contribution in [3.05, 3.63) is 40.7 Å². The fourth-order valence-electron chi connectivity index (χ4n) is 3.37. The van der Waals surface area contributed by atoms with E-state index >= 15 is 0 Å². The van der Waals surface area contributed by atoms with Crippen molar-refractivity contribution in [2.75, 3.05) is 6.54 Å². The fraction of sp³-hybridized carbons (Fsp3) is 0.500. The van der Waals surface area contributed by atoms with E-state index in [1.807, 2.05) is 13.0 Å². The molecular formula is C18H24N2O4S2. The molecule has 0 saturated heterocycles. The number of hydrogen-bond acceptors (Lipinski definition) is 5. The molecular weight excluding hydrogens is 372 g/mol. The summed E-state index contributed by atoms with van der Waals surface area (Å²) in [4.78, 5) is 12.3. The van der Waals surface area contributed by atoms with Gasteiger partial charge in [0.1, 0.15) is 15.7 Å². The Morgan fingerprint density at radius 2 is 2.19 bits per heavy atom. The highest BCUT2D eigenvalue weighted by Crippen LogP contribution is 2.42. The number of hydrogen-bond donors (Lipinski definition) is 2. The fourth-order valence-corrected chi connectivity index (χ4v) is 5.44. The molecule has 0 radical (unpaired) electrons. The van der Waals surface area contributed by atoms with Crippen molar-refractivity contribution in [2.24, 2.45) is 5.41 Å². The van der Waals surface area contributed by atoms with Crippen LogP contribution >= 0.6 is 11.3 Å². The summed E-state index contributed by atoms with van der Waals surface area (Å²) < 4.78 is 32.6. The number of amides is 1. The lowest BCUT2D eigenvalue weighted by Crippen LogP contribution is -2.37. The van der Waals surface area contributed by atoms with Crippen LogP contribution in [0.15, 0.2) is 32.2 Å². The lowest BCUT2D eigenvalue weighted by atomic mass is 9.74. The first kappa shape index (κ1) is 19.1. The van der Waals surface area contributed by atoms with Crippen molar-refractivity contribution in [1.82, 2.24) is 10.0 Å². The van der Waals surface area contributed by atoms with Gasteiger partial charge in [-0.3, -0.25) is 4.79 Å². The van der Waals surface area contributed by atoms with Crippen molar-refractivity contribution in [3.63, 3.8) is 0 Å². The summed E-state index contributed by atoms with van der Waals surface area (Å²) in [6.07, 6.45) is 1.77. The molecule has 0 bridgehead atoms. The quantitative estimate of drug-likeness (QED) is 0.785. The van der Waals surface area contributed by atoms with Gasteiger partial charge in [0, 0.05) is 24.9 Å². The molecule has 0 fully saturated rings. The molecule has 26 heavy (non-hydrogen) atoms. The first-order valence-electron chi connectivity index (χ1n) is 8.58. The van der Waals surface area contributed by atoms with E-state index in [0.717, 1.165) is 41.3 Å². The molecule has 0 unspecified atom stereocenters. The van der Waals surface area contributed by atoms with Gasteiger partial charge >= 0.3 is 0 Å². The van der Waals surface area contributed by atoms with Gasteiger partial charge in [-0.2, -0.15) is 0 Å². The Bertz CT molecular complexity index is 882. The molecule has 142 valence electrons. The summed E-state index contributed by atoms with van der Waals surface area (Å²) in [7, 11) is -3.54. The third-order valence-corrected chi connectivity index (χ3v) is 7.33. The number of carbonyl (C=O) groups excluding carboxylic acids is 1. The number of sulfonamides is 1. The lowest BCUT2D eigenvalue weighted by molar-refractivity contribution is -0.122. The van der Waals surface area contributed by atoms with Gasteiger partial charge in [-0.25, -0.2) is 13.1 Å². The molecule has 1 aliphatic carbocycles. The minimum atomic E-state index is -3.54. The van der Waals surface area contributed by atoms with E-state index in [-0.39, 0.29) is 34.5 Å². The van der Waals surface area contributed by atoms with E-state index in [4.69, 9.17) is 4.42 Å². The topological polar surface area (TPSA) is 88.4 Å². The second kappa shape index (κ2) is 7.17. The van der Waals surface area contributed by atoms with Gasteiger partial charge in [-0.05, 0) is 36.3 Å². The normalized spacial score (nSPS) is 19.1. The average Bonchev–Trinajstić information content (AvgIpc) is 3.15. The standard InChI is InChI=1S/C18H24N2O4S2/c1-12-9-13-14(10-18(2,3)11-15(13)24-12)20-16(21)6-7-19-26(22,23)17-5-4-8-25-17/h4-5,8-9,14,19H,6-7,10-11H2,1-3H3,(H,20,21)/t14-/m0/s1. The van der Waals surface area contributed by atoms with Crippen LogP contribution in [0.25, 0.3) is 0 Å². The Kier molecular flexibility index (Phi) is 5.28. The number of thiophene rings is 1. The Morgan fingerprint density at radius 3 is 2.88 bits per heavy atom. The SMILES string of the molecule is Cc1cc2c(o1)CC(C)(C)C[C@@H]2NC(=O)CCNS(=O)(=O)c1cccs1. The summed E-state index contributed by atoms with van der Waals surface area (Å²) in [6.45, 7) is 6.28. The van der Waals surface area contributed by atoms with E-state index in [1.165, 1.54) is 0 Å². The van der Waals surface area contributed by atoms with Crippen LogP contribution in [0.1, 0.15) is 49.8 Å². The lowest BCUT2D eigenvalue weighted by Gasteiger charge is -2.34. The molecule has 2 heterocycles. The molecule has 6 nitrogen and oxygen atoms in total. The van der Waals surface area contributed by atoms with Crippen LogP contribution in [0.4, 0.5) is 0 Å². The third kappa shape index (κ3) is 4.36. The summed E-state index contributed by atoms with van der Waals surface area (Å²) in [6, 6.07) is 5.10. The predicted octanol–water partition coefficient (Wildman–Crippen LogP) is 3.15. The highest BCUT2D eigenvalue weighted by atomic mass is 32.2. The molecule has 0 saturated carbocycles. The van der Waals surface area contributed by atoms with Crippen LogP contribution in [-0.2, 0) is 21.2 Å². The van der Waals surface area contributed by atoms with Crippen molar-refractivity contribution >= 4 is 27.3 Å². The Labute approximate surface area is 158 Å². The Hall–Kier alpha value is -1.64. The predicted molar refractivity (Wildman–Crippen MR) is 101 cm³/mol. The zero-order valence-electron chi connectivity index (χ0n) is 15.2. The summed E-state index contributed by atoms with van der Waals surface area (Å²) in [5, 5.41) is 4.74. The van der Waals surface area contributed by atoms with Crippen molar-refractivity contribution in [1.29, 1.82) is 0 Å². The van der Waals surface area contributed by atoms with Gasteiger partial charge in [0.2, 0.25) is 15.9 Å². The average molecular weight is 397 g/mol. The van der Waals surface area contributed by atoms with Gasteiger partial charge in [-0.1, -0.05) is 19.9 Å². The molecule has 1 atom stereocenters. The van der Waals surface area contributed by atoms with Crippen molar-refractivity contribution in [3.8, 4) is 0 Å². The number of furan rings is 1. The van der Waals surface area contributed by atoms with Crippen LogP contribution < -0.4 is 10.0 Å². The molecule has 8 heteroatoms. The van der Waals surface area contributed by atoms with Crippen LogP contribution in [0, 0.1) is 12.3 Å². The molecule has 2 aromatic rings. The van der Waals surface area contributed by atoms with Gasteiger partial charge in [0.15, 0.2) is 0 Å². The number of fused-ring (bicyclic) bond motifs is 1. The molecule has 0 aromatic carbocycles. The van der Waals surface area contributed by atoms with E-state index in [2.05, 4.69) is 23.9 Å². The van der Waals surface area contributed by atoms with E-state index in [0.29, 0.717) is 0 Å². The first-order valence-corrected chi connectivity index (χ1v) is 10.9. The van der Waals surface area contributed by atoms with Crippen molar-refractivity contribution < 1.29 is 17.6 Å². The van der Waals surface area contributed by atoms with E-state index in [1.54, 1.807) is 17.5 Å². The number of aryl methyl sites for hydroxylation is 1. The highest BCUT2D eigenvalue weighted by molar-refractivity contribution is 7.91. The molecule has 2 N–H and O–H groups in total. The molecule has 0 spiro atoms. The number of carbonyl (C=O) groups is 1. The summed E-state index contributed by atoms with van der Waals surface area (Å²) in [5.74, 6) is 1.60. The van der Waals surface area contributed by atoms with Crippen LogP contribution in [0.2, 0.25) is 0 Å². The van der Waals surface area contributed by atoms with Gasteiger partial charge in [0.05, 0.1) is 6.04 Å². The van der Waals surface area contributed by atoms with Crippen LogP contribution in [0.3, 0.4) is 0 Å². The van der Waals surface area contributed by atoms with Gasteiger partial charge in [-0.15, -0.1) is 11.3 Å². The molecule has 1 aliphatic rings. The smallest absolute Gasteiger partial charge is 0.250 e. The maximum Gasteiger partial charge on any atom is 0.250 e. The zero-order chi connectivity index (χ0) is 18.9. The maximum atomic E-state index is 12.3. The Morgan fingerprint density at radius 1 is 1.42 bits per heavy atom. The van der Waals surface area contributed by atoms with E-state index in [9.17, 15) is 13.2 Å². The molecule has 3 rings (SSSR count). The number of rotatable bonds is 6. The minimum Gasteiger partial charge on any atom is -0.466 e. The van der Waals surface area contributed by atoms with Gasteiger partial charge in [0.25, 0.3) is 0 Å². The molecule has 1 amide bonds. The number of nitrogens with one attached hydrogen (secondary N) is 2. The molecule has 0 aliphatic heterocycles. The second-order valence-corrected chi connectivity index (χ2v) is 10.4. The summed E-state index contributed by atoms with van der Waals surface area (Å²) in [5.41, 5.74) is 1.07. The zero-order valence-corrected chi connectivity index (χ0v) is 16.8. The maximum absolute atomic E-state index is 12.3. The van der Waals surface area contributed by atoms with Crippen molar-refractivity contribution in [2.45, 2.75) is 50.3 Å². The Balaban J connectivity index is 1.58. The van der Waals surface area contributed by atoms with Gasteiger partial charge < -0.3 is 9.73 Å². The second-order valence-electron chi connectivity index (χ2n) is 7.48. The molecule has 2 aromatic heterocycles. The summed E-state index contributed by atoms with van der Waals surface area (Å²) >= 11 is 1.15. The van der Waals surface area contributed by atoms with Crippen LogP contribution in [-0.4, -0.2) is 20.9 Å². The highest BCUT2D eigenvalue weighted by Gasteiger charge is 2.35. The minimum absolute atomic E-state index is 0.0377. The van der Waals surface area contributed by atoms with Crippen LogP contribution in [0.5, 0.6) is 0 Å².